The van der Waals surface area contributed by atoms with Crippen LogP contribution in [-0.4, -0.2) is 19.0 Å². The molecule has 3 nitrogen and oxygen atoms in total. The maximum atomic E-state index is 11.8. The van der Waals surface area contributed by atoms with Gasteiger partial charge in [0.2, 0.25) is 5.91 Å². The van der Waals surface area contributed by atoms with Gasteiger partial charge in [0.15, 0.2) is 0 Å². The van der Waals surface area contributed by atoms with Crippen LogP contribution in [0.5, 0.6) is 0 Å². The molecule has 2 N–H and O–H groups in total. The minimum Gasteiger partial charge on any atom is -0.325 e. The first-order valence-electron chi connectivity index (χ1n) is 7.06. The molecular weight excluding hydrogens is 328 g/mol. The Morgan fingerprint density at radius 1 is 1.14 bits per heavy atom. The van der Waals surface area contributed by atoms with Crippen molar-refractivity contribution in [3.63, 3.8) is 0 Å². The fraction of sp³-hybridized carbons (Fsp3) is 0.235. The minimum absolute atomic E-state index is 0.00932. The van der Waals surface area contributed by atoms with E-state index in [4.69, 9.17) is 0 Å². The van der Waals surface area contributed by atoms with E-state index in [2.05, 4.69) is 50.8 Å². The fourth-order valence-electron chi connectivity index (χ4n) is 2.64. The van der Waals surface area contributed by atoms with Gasteiger partial charge < -0.3 is 10.6 Å². The molecule has 4 heteroatoms. The minimum atomic E-state index is -0.00932. The summed E-state index contributed by atoms with van der Waals surface area (Å²) < 4.78 is 1.00. The van der Waals surface area contributed by atoms with E-state index in [1.807, 2.05) is 24.3 Å². The van der Waals surface area contributed by atoms with Crippen LogP contribution in [0.25, 0.3) is 0 Å². The second-order valence-electron chi connectivity index (χ2n) is 5.29. The molecule has 0 saturated heterocycles. The molecule has 1 amide bonds. The number of rotatable bonds is 5. The van der Waals surface area contributed by atoms with Gasteiger partial charge in [-0.1, -0.05) is 40.2 Å². The van der Waals surface area contributed by atoms with Crippen LogP contribution in [-0.2, 0) is 11.2 Å². The molecule has 0 fully saturated rings. The molecule has 0 aliphatic heterocycles. The van der Waals surface area contributed by atoms with Crippen molar-refractivity contribution in [2.45, 2.75) is 12.3 Å². The second kappa shape index (κ2) is 6.41. The van der Waals surface area contributed by atoms with Crippen LogP contribution >= 0.6 is 15.9 Å². The van der Waals surface area contributed by atoms with Crippen molar-refractivity contribution in [3.05, 3.63) is 64.1 Å². The number of carbonyl (C=O) groups is 1. The molecule has 2 aromatic rings. The van der Waals surface area contributed by atoms with E-state index in [1.165, 1.54) is 11.1 Å². The number of benzene rings is 2. The molecule has 0 saturated carbocycles. The highest BCUT2D eigenvalue weighted by atomic mass is 79.9. The first kappa shape index (κ1) is 14.3. The number of anilines is 1. The molecule has 1 aliphatic carbocycles. The lowest BCUT2D eigenvalue weighted by atomic mass is 9.78. The Hall–Kier alpha value is -1.65. The highest BCUT2D eigenvalue weighted by Crippen LogP contribution is 2.33. The van der Waals surface area contributed by atoms with Crippen LogP contribution in [0.4, 0.5) is 5.69 Å². The normalized spacial score (nSPS) is 16.0. The summed E-state index contributed by atoms with van der Waals surface area (Å²) in [5.41, 5.74) is 3.67. The standard InChI is InChI=1S/C17H17BrN2O/c18-14-5-7-15(8-6-14)20-17(21)11-19-10-13-9-12-3-1-2-4-16(12)13/h1-8,13,19H,9-11H2,(H,20,21). The molecule has 0 aromatic heterocycles. The summed E-state index contributed by atoms with van der Waals surface area (Å²) >= 11 is 3.37. The Bertz CT molecular complexity index is 639. The van der Waals surface area contributed by atoms with Gasteiger partial charge in [-0.25, -0.2) is 0 Å². The molecule has 2 aromatic carbocycles. The lowest BCUT2D eigenvalue weighted by Crippen LogP contribution is -2.34. The molecule has 0 heterocycles. The highest BCUT2D eigenvalue weighted by Gasteiger charge is 2.24. The van der Waals surface area contributed by atoms with E-state index in [1.54, 1.807) is 0 Å². The topological polar surface area (TPSA) is 41.1 Å². The van der Waals surface area contributed by atoms with E-state index in [0.717, 1.165) is 23.1 Å². The number of halogens is 1. The second-order valence-corrected chi connectivity index (χ2v) is 6.20. The van der Waals surface area contributed by atoms with Crippen molar-refractivity contribution < 1.29 is 4.79 Å². The third-order valence-corrected chi connectivity index (χ3v) is 4.29. The number of hydrogen-bond donors (Lipinski definition) is 2. The van der Waals surface area contributed by atoms with Crippen molar-refractivity contribution in [1.82, 2.24) is 5.32 Å². The lowest BCUT2D eigenvalue weighted by molar-refractivity contribution is -0.115. The molecule has 108 valence electrons. The van der Waals surface area contributed by atoms with Crippen molar-refractivity contribution in [3.8, 4) is 0 Å². The average Bonchev–Trinajstić information content (AvgIpc) is 2.46. The number of hydrogen-bond acceptors (Lipinski definition) is 2. The maximum Gasteiger partial charge on any atom is 0.238 e. The summed E-state index contributed by atoms with van der Waals surface area (Å²) in [6.45, 7) is 1.19. The monoisotopic (exact) mass is 344 g/mol. The highest BCUT2D eigenvalue weighted by molar-refractivity contribution is 9.10. The Kier molecular flexibility index (Phi) is 4.36. The van der Waals surface area contributed by atoms with Gasteiger partial charge in [-0.15, -0.1) is 0 Å². The molecule has 1 atom stereocenters. The zero-order valence-electron chi connectivity index (χ0n) is 11.6. The fourth-order valence-corrected chi connectivity index (χ4v) is 2.91. The molecule has 0 radical (unpaired) electrons. The summed E-state index contributed by atoms with van der Waals surface area (Å²) in [4.78, 5) is 11.8. The Morgan fingerprint density at radius 2 is 1.90 bits per heavy atom. The van der Waals surface area contributed by atoms with Crippen LogP contribution in [0.15, 0.2) is 53.0 Å². The summed E-state index contributed by atoms with van der Waals surface area (Å²) in [6.07, 6.45) is 1.11. The quantitative estimate of drug-likeness (QED) is 0.873. The zero-order chi connectivity index (χ0) is 14.7. The van der Waals surface area contributed by atoms with Gasteiger partial charge in [-0.2, -0.15) is 0 Å². The third-order valence-electron chi connectivity index (χ3n) is 3.77. The van der Waals surface area contributed by atoms with E-state index < -0.39 is 0 Å². The van der Waals surface area contributed by atoms with Gasteiger partial charge in [0.25, 0.3) is 0 Å². The van der Waals surface area contributed by atoms with Crippen LogP contribution in [0, 0.1) is 0 Å². The summed E-state index contributed by atoms with van der Waals surface area (Å²) in [7, 11) is 0. The number of carbonyl (C=O) groups excluding carboxylic acids is 1. The van der Waals surface area contributed by atoms with E-state index in [9.17, 15) is 4.79 Å². The molecule has 0 spiro atoms. The van der Waals surface area contributed by atoms with Gasteiger partial charge in [0.1, 0.15) is 0 Å². The number of nitrogens with one attached hydrogen (secondary N) is 2. The van der Waals surface area contributed by atoms with Gasteiger partial charge in [-0.3, -0.25) is 4.79 Å². The molecule has 1 unspecified atom stereocenters. The van der Waals surface area contributed by atoms with Crippen molar-refractivity contribution in [1.29, 1.82) is 0 Å². The molecular formula is C17H17BrN2O. The average molecular weight is 345 g/mol. The summed E-state index contributed by atoms with van der Waals surface area (Å²) in [5, 5.41) is 6.11. The third kappa shape index (κ3) is 3.52. The predicted molar refractivity (Wildman–Crippen MR) is 88.5 cm³/mol. The van der Waals surface area contributed by atoms with E-state index in [0.29, 0.717) is 12.5 Å². The van der Waals surface area contributed by atoms with Crippen molar-refractivity contribution in [2.75, 3.05) is 18.4 Å². The smallest absolute Gasteiger partial charge is 0.238 e. The van der Waals surface area contributed by atoms with Crippen LogP contribution in [0.2, 0.25) is 0 Å². The first-order chi connectivity index (χ1) is 10.2. The van der Waals surface area contributed by atoms with Crippen LogP contribution < -0.4 is 10.6 Å². The first-order valence-corrected chi connectivity index (χ1v) is 7.85. The van der Waals surface area contributed by atoms with Crippen LogP contribution in [0.1, 0.15) is 17.0 Å². The van der Waals surface area contributed by atoms with Crippen LogP contribution in [0.3, 0.4) is 0 Å². The van der Waals surface area contributed by atoms with Crippen molar-refractivity contribution >= 4 is 27.5 Å². The summed E-state index contributed by atoms with van der Waals surface area (Å²) in [6, 6.07) is 16.1. The molecule has 0 bridgehead atoms. The van der Waals surface area contributed by atoms with Gasteiger partial charge in [-0.05, 0) is 41.8 Å². The predicted octanol–water partition coefficient (Wildman–Crippen LogP) is 3.32. The lowest BCUT2D eigenvalue weighted by Gasteiger charge is -2.30. The SMILES string of the molecule is O=C(CNCC1Cc2ccccc21)Nc1ccc(Br)cc1. The number of fused-ring (bicyclic) bond motifs is 1. The van der Waals surface area contributed by atoms with Crippen molar-refractivity contribution in [2.24, 2.45) is 0 Å². The largest absolute Gasteiger partial charge is 0.325 e. The Labute approximate surface area is 132 Å². The van der Waals surface area contributed by atoms with E-state index >= 15 is 0 Å². The Balaban J connectivity index is 1.42. The Morgan fingerprint density at radius 3 is 2.67 bits per heavy atom. The maximum absolute atomic E-state index is 11.8. The van der Waals surface area contributed by atoms with Gasteiger partial charge in [0.05, 0.1) is 6.54 Å². The van der Waals surface area contributed by atoms with E-state index in [-0.39, 0.29) is 5.91 Å². The molecule has 21 heavy (non-hydrogen) atoms. The summed E-state index contributed by atoms with van der Waals surface area (Å²) in [5.74, 6) is 0.534. The van der Waals surface area contributed by atoms with Gasteiger partial charge >= 0.3 is 0 Å². The zero-order valence-corrected chi connectivity index (χ0v) is 13.2. The number of amides is 1. The molecule has 3 rings (SSSR count). The van der Waals surface area contributed by atoms with Gasteiger partial charge in [0, 0.05) is 22.6 Å². The molecule has 1 aliphatic rings.